The van der Waals surface area contributed by atoms with Crippen LogP contribution < -0.4 is 0 Å². The maximum absolute atomic E-state index is 14.1. The van der Waals surface area contributed by atoms with Gasteiger partial charge in [-0.15, -0.1) is 6.58 Å². The number of likely N-dealkylation sites (N-methyl/N-ethyl adjacent to an activating group) is 1. The lowest BCUT2D eigenvalue weighted by Gasteiger charge is -2.49. The quantitative estimate of drug-likeness (QED) is 0.0939. The number of carbonyl (C=O) groups is 3. The molecule has 17 atom stereocenters. The predicted octanol–water partition coefficient (Wildman–Crippen LogP) is 6.55. The summed E-state index contributed by atoms with van der Waals surface area (Å²) in [7, 11) is 4.69. The fraction of sp³-hybridized carbons (Fsp3) is 0.827. The molecule has 4 heterocycles. The van der Waals surface area contributed by atoms with Crippen LogP contribution >= 0.6 is 0 Å². The van der Waals surface area contributed by atoms with Gasteiger partial charge in [0.1, 0.15) is 24.4 Å². The van der Waals surface area contributed by atoms with Gasteiger partial charge in [-0.05, 0) is 77.8 Å². The topological polar surface area (TPSA) is 185 Å². The molecule has 4 aliphatic rings. The van der Waals surface area contributed by atoms with Crippen LogP contribution in [0.5, 0.6) is 0 Å². The average Bonchev–Trinajstić information content (AvgIpc) is 3.80. The highest BCUT2D eigenvalue weighted by Gasteiger charge is 2.52. The van der Waals surface area contributed by atoms with Gasteiger partial charge in [-0.25, -0.2) is 0 Å². The average molecular weight is 1010 g/mol. The largest absolute Gasteiger partial charge is 0.462 e. The number of esters is 2. The van der Waals surface area contributed by atoms with E-state index in [1.165, 1.54) is 6.92 Å². The van der Waals surface area contributed by atoms with Crippen molar-refractivity contribution in [1.29, 1.82) is 0 Å². The molecule has 17 nitrogen and oxygen atoms in total. The molecule has 0 radical (unpaired) electrons. The number of cyclic esters (lactones) is 1. The number of hydrogen-bond donors (Lipinski definition) is 1. The number of nitrogens with zero attached hydrogens (tertiary/aromatic N) is 1. The highest BCUT2D eigenvalue weighted by Crippen LogP contribution is 2.41. The first-order valence-corrected chi connectivity index (χ1v) is 28.2. The minimum atomic E-state index is -2.25. The third-order valence-electron chi connectivity index (χ3n) is 14.8. The molecule has 0 spiro atoms. The van der Waals surface area contributed by atoms with Crippen molar-refractivity contribution in [3.05, 3.63) is 36.5 Å². The van der Waals surface area contributed by atoms with E-state index in [0.717, 1.165) is 5.57 Å². The Bertz CT molecular complexity index is 1730. The summed E-state index contributed by atoms with van der Waals surface area (Å²) in [4.78, 5) is 42.9. The molecule has 402 valence electrons. The molecule has 70 heavy (non-hydrogen) atoms. The second kappa shape index (κ2) is 27.2. The van der Waals surface area contributed by atoms with Crippen LogP contribution in [0.4, 0.5) is 0 Å². The van der Waals surface area contributed by atoms with Crippen LogP contribution in [-0.2, 0) is 70.9 Å². The van der Waals surface area contributed by atoms with Crippen molar-refractivity contribution in [2.45, 2.75) is 199 Å². The second-order valence-corrected chi connectivity index (χ2v) is 26.1. The van der Waals surface area contributed by atoms with Crippen molar-refractivity contribution < 1.29 is 76.0 Å². The lowest BCUT2D eigenvalue weighted by molar-refractivity contribution is -0.311. The maximum Gasteiger partial charge on any atom is 0.308 e. The van der Waals surface area contributed by atoms with Gasteiger partial charge in [-0.1, -0.05) is 65.3 Å². The highest BCUT2D eigenvalue weighted by molar-refractivity contribution is 6.74. The van der Waals surface area contributed by atoms with Crippen LogP contribution in [0.3, 0.4) is 0 Å². The smallest absolute Gasteiger partial charge is 0.308 e. The number of rotatable bonds is 17. The van der Waals surface area contributed by atoms with Gasteiger partial charge in [0.05, 0.1) is 69.4 Å². The molecule has 0 unspecified atom stereocenters. The van der Waals surface area contributed by atoms with Gasteiger partial charge in [0.25, 0.3) is 0 Å². The summed E-state index contributed by atoms with van der Waals surface area (Å²) in [5.41, 5.74) is 0.750. The highest BCUT2D eigenvalue weighted by atomic mass is 28.4. The van der Waals surface area contributed by atoms with Crippen molar-refractivity contribution in [2.24, 2.45) is 23.7 Å². The van der Waals surface area contributed by atoms with Gasteiger partial charge in [-0.2, -0.15) is 0 Å². The van der Waals surface area contributed by atoms with E-state index in [0.29, 0.717) is 32.5 Å². The molecule has 4 aliphatic heterocycles. The Labute approximate surface area is 419 Å². The van der Waals surface area contributed by atoms with E-state index in [-0.39, 0.29) is 30.5 Å². The Kier molecular flexibility index (Phi) is 23.4. The fourth-order valence-electron chi connectivity index (χ4n) is 9.77. The van der Waals surface area contributed by atoms with Gasteiger partial charge in [0.2, 0.25) is 0 Å². The molecule has 3 fully saturated rings. The van der Waals surface area contributed by atoms with Crippen molar-refractivity contribution >= 4 is 26.0 Å². The molecule has 0 aromatic heterocycles. The minimum absolute atomic E-state index is 0.0502. The van der Waals surface area contributed by atoms with Gasteiger partial charge >= 0.3 is 11.9 Å². The third kappa shape index (κ3) is 16.0. The van der Waals surface area contributed by atoms with E-state index in [9.17, 15) is 19.5 Å². The minimum Gasteiger partial charge on any atom is -0.462 e. The van der Waals surface area contributed by atoms with Crippen molar-refractivity contribution in [1.82, 2.24) is 4.90 Å². The van der Waals surface area contributed by atoms with E-state index in [1.54, 1.807) is 39.4 Å². The summed E-state index contributed by atoms with van der Waals surface area (Å²) in [5.74, 6) is -3.57. The summed E-state index contributed by atoms with van der Waals surface area (Å²) in [6.45, 7) is 28.4. The first kappa shape index (κ1) is 60.1. The Hall–Kier alpha value is -2.43. The molecule has 0 aliphatic carbocycles. The van der Waals surface area contributed by atoms with E-state index in [1.807, 2.05) is 59.7 Å². The summed E-state index contributed by atoms with van der Waals surface area (Å²) in [6.07, 6.45) is -1.97. The Morgan fingerprint density at radius 1 is 0.914 bits per heavy atom. The van der Waals surface area contributed by atoms with Crippen LogP contribution in [0, 0.1) is 23.7 Å². The van der Waals surface area contributed by atoms with Crippen LogP contribution in [0.15, 0.2) is 36.5 Å². The van der Waals surface area contributed by atoms with Gasteiger partial charge in [-0.3, -0.25) is 14.4 Å². The molecule has 18 heteroatoms. The van der Waals surface area contributed by atoms with Gasteiger partial charge in [0.15, 0.2) is 39.1 Å². The summed E-state index contributed by atoms with van der Waals surface area (Å²) < 4.78 is 75.9. The molecule has 1 N–H and O–H groups in total. The molecular formula is C52H89NO16Si. The molecule has 0 aromatic carbocycles. The lowest BCUT2D eigenvalue weighted by atomic mass is 9.79. The second-order valence-electron chi connectivity index (χ2n) is 21.4. The zero-order chi connectivity index (χ0) is 52.2. The molecular weight excluding hydrogens is 923 g/mol. The summed E-state index contributed by atoms with van der Waals surface area (Å²) in [5, 5.41) is 12.1. The van der Waals surface area contributed by atoms with E-state index >= 15 is 0 Å². The number of methoxy groups -OCH3 is 2. The number of aliphatic hydroxyl groups excluding tert-OH is 1. The van der Waals surface area contributed by atoms with Crippen LogP contribution in [0.25, 0.3) is 0 Å². The zero-order valence-corrected chi connectivity index (χ0v) is 46.1. The summed E-state index contributed by atoms with van der Waals surface area (Å²) in [6, 6.07) is -0.517. The standard InChI is InChI=1S/C52H89NO16Si/c1-18-22-62-45-33(6)65-51(47(66-35(8)54)43(45)53(12)13)68-44-32(5)39(56)28-41(57)67-40(19-2)37(25-30(3)20-21-38(55)31(4)26-36(44)27-42-60-23-24-61-42)29-63-50-49(59-15)48(58-14)46(34(7)64-50)69-70(16,17)52(9,10)11/h18,20-21,25,31-34,36-37,39-40,42-51,56H,1,19,22-24,26-29H2,2-17H3/b21-20+,30-25+/t31-,32+,33-,34-,36-,37-,39-,40+,43+,44-,45-,46-,47-,48-,49-,50-,51+/m1/s1. The van der Waals surface area contributed by atoms with Crippen LogP contribution in [0.1, 0.15) is 94.9 Å². The number of ether oxygens (including phenoxy) is 11. The van der Waals surface area contributed by atoms with Gasteiger partial charge in [0, 0.05) is 45.3 Å². The van der Waals surface area contributed by atoms with Crippen molar-refractivity contribution in [3.8, 4) is 0 Å². The predicted molar refractivity (Wildman–Crippen MR) is 265 cm³/mol. The van der Waals surface area contributed by atoms with Crippen molar-refractivity contribution in [2.75, 3.05) is 54.7 Å². The summed E-state index contributed by atoms with van der Waals surface area (Å²) >= 11 is 0. The first-order valence-electron chi connectivity index (χ1n) is 25.3. The number of carbonyl (C=O) groups excluding carboxylic acids is 3. The molecule has 0 saturated carbocycles. The molecule has 0 amide bonds. The molecule has 3 saturated heterocycles. The molecule has 0 bridgehead atoms. The monoisotopic (exact) mass is 1010 g/mol. The van der Waals surface area contributed by atoms with E-state index < -0.39 is 130 Å². The van der Waals surface area contributed by atoms with Crippen molar-refractivity contribution in [3.63, 3.8) is 0 Å². The number of aliphatic hydroxyl groups is 1. The SMILES string of the molecule is C=CCO[C@H]1[C@H](N(C)C)[C@@H](OC(C)=O)[C@H](O[C@H]2[C@@H](CC3OCCO3)C[C@@H](C)C(=O)/C=C/C(C)=C/[C@H](CO[C@@H]3O[C@H](C)[C@@H](O[Si](C)(C)C(C)(C)C)[C@@H](OC)[C@H]3OC)[C@H](CC)OC(=O)C[C@@H](O)[C@@H]2C)O[C@@H]1C. The van der Waals surface area contributed by atoms with E-state index in [2.05, 4.69) is 40.4 Å². The van der Waals surface area contributed by atoms with E-state index in [4.69, 9.17) is 56.5 Å². The number of ketones is 1. The normalized spacial score (nSPS) is 38.2. The molecule has 4 rings (SSSR count). The third-order valence-corrected chi connectivity index (χ3v) is 19.2. The first-order chi connectivity index (χ1) is 32.9. The lowest BCUT2D eigenvalue weighted by Crippen LogP contribution is -2.65. The number of hydrogen-bond acceptors (Lipinski definition) is 17. The number of allylic oxidation sites excluding steroid dienone is 3. The Balaban J connectivity index is 1.70. The van der Waals surface area contributed by atoms with Crippen LogP contribution in [0.2, 0.25) is 18.1 Å². The molecule has 0 aromatic rings. The Morgan fingerprint density at radius 3 is 2.11 bits per heavy atom. The fourth-order valence-corrected chi connectivity index (χ4v) is 11.1. The maximum atomic E-state index is 14.1. The zero-order valence-electron chi connectivity index (χ0n) is 45.1. The van der Waals surface area contributed by atoms with Gasteiger partial charge < -0.3 is 66.5 Å². The van der Waals surface area contributed by atoms with Crippen LogP contribution in [-0.4, -0.2) is 177 Å². The Morgan fingerprint density at radius 2 is 1.54 bits per heavy atom.